The average molecular weight is 243 g/mol. The third-order valence-electron chi connectivity index (χ3n) is 1.88. The number of aliphatic hydroxyl groups excluding tert-OH is 3. The van der Waals surface area contributed by atoms with E-state index < -0.39 is 5.91 Å². The Kier molecular flexibility index (Phi) is 8.68. The standard InChI is InChI=1S/C10H17N3O4/c11-7-9(8-12-1-4-14)10(17)13(2-5-15)3-6-16/h8,12,14-16H,1-6H2/b9-8-. The normalized spacial score (nSPS) is 10.8. The fraction of sp³-hybridized carbons (Fsp3) is 0.600. The van der Waals surface area contributed by atoms with Gasteiger partial charge in [0.15, 0.2) is 0 Å². The van der Waals surface area contributed by atoms with Crippen molar-refractivity contribution < 1.29 is 20.1 Å². The number of hydrogen-bond donors (Lipinski definition) is 4. The summed E-state index contributed by atoms with van der Waals surface area (Å²) in [4.78, 5) is 12.9. The summed E-state index contributed by atoms with van der Waals surface area (Å²) in [6.07, 6.45) is 1.21. The van der Waals surface area contributed by atoms with Crippen molar-refractivity contribution in [3.05, 3.63) is 11.8 Å². The molecule has 0 heterocycles. The van der Waals surface area contributed by atoms with Crippen LogP contribution in [-0.4, -0.2) is 65.6 Å². The van der Waals surface area contributed by atoms with E-state index in [9.17, 15) is 4.79 Å². The first-order chi connectivity index (χ1) is 8.21. The first-order valence-electron chi connectivity index (χ1n) is 5.16. The lowest BCUT2D eigenvalue weighted by Gasteiger charge is -2.19. The molecule has 0 aromatic heterocycles. The lowest BCUT2D eigenvalue weighted by atomic mass is 10.2. The molecular weight excluding hydrogens is 226 g/mol. The lowest BCUT2D eigenvalue weighted by Crippen LogP contribution is -2.37. The summed E-state index contributed by atoms with van der Waals surface area (Å²) in [7, 11) is 0. The maximum atomic E-state index is 11.8. The molecule has 7 heteroatoms. The molecule has 0 radical (unpaired) electrons. The zero-order chi connectivity index (χ0) is 13.1. The number of nitrogens with zero attached hydrogens (tertiary/aromatic N) is 2. The molecule has 0 saturated heterocycles. The SMILES string of the molecule is N#C/C(=C/NCCO)C(=O)N(CCO)CCO. The highest BCUT2D eigenvalue weighted by molar-refractivity contribution is 5.97. The van der Waals surface area contributed by atoms with E-state index in [4.69, 9.17) is 20.6 Å². The van der Waals surface area contributed by atoms with Crippen LogP contribution in [0, 0.1) is 11.3 Å². The number of rotatable bonds is 8. The summed E-state index contributed by atoms with van der Waals surface area (Å²) in [6.45, 7) is -0.251. The van der Waals surface area contributed by atoms with Crippen molar-refractivity contribution in [1.82, 2.24) is 10.2 Å². The van der Waals surface area contributed by atoms with E-state index in [-0.39, 0.29) is 45.0 Å². The Morgan fingerprint density at radius 3 is 2.24 bits per heavy atom. The molecule has 0 aliphatic carbocycles. The predicted molar refractivity (Wildman–Crippen MR) is 59.5 cm³/mol. The van der Waals surface area contributed by atoms with Crippen LogP contribution in [0.3, 0.4) is 0 Å². The van der Waals surface area contributed by atoms with Gasteiger partial charge >= 0.3 is 0 Å². The van der Waals surface area contributed by atoms with E-state index in [1.807, 2.05) is 0 Å². The van der Waals surface area contributed by atoms with Gasteiger partial charge in [-0.25, -0.2) is 0 Å². The number of nitrogens with one attached hydrogen (secondary N) is 1. The Balaban J connectivity index is 4.58. The third kappa shape index (κ3) is 5.87. The Labute approximate surface area is 99.6 Å². The molecule has 0 aromatic carbocycles. The zero-order valence-electron chi connectivity index (χ0n) is 9.46. The first-order valence-corrected chi connectivity index (χ1v) is 5.16. The summed E-state index contributed by atoms with van der Waals surface area (Å²) in [5.41, 5.74) is -0.139. The van der Waals surface area contributed by atoms with Crippen molar-refractivity contribution in [1.29, 1.82) is 5.26 Å². The number of carbonyl (C=O) groups excluding carboxylic acids is 1. The van der Waals surface area contributed by atoms with Crippen LogP contribution in [0.5, 0.6) is 0 Å². The monoisotopic (exact) mass is 243 g/mol. The van der Waals surface area contributed by atoms with E-state index >= 15 is 0 Å². The molecule has 1 amide bonds. The summed E-state index contributed by atoms with van der Waals surface area (Å²) < 4.78 is 0. The average Bonchev–Trinajstić information content (AvgIpc) is 2.34. The molecule has 0 aliphatic heterocycles. The zero-order valence-corrected chi connectivity index (χ0v) is 9.46. The molecular formula is C10H17N3O4. The van der Waals surface area contributed by atoms with E-state index in [1.54, 1.807) is 6.07 Å². The van der Waals surface area contributed by atoms with Crippen LogP contribution in [0.4, 0.5) is 0 Å². The van der Waals surface area contributed by atoms with Crippen LogP contribution in [-0.2, 0) is 4.79 Å². The predicted octanol–water partition coefficient (Wildman–Crippen LogP) is -2.21. The molecule has 0 fully saturated rings. The van der Waals surface area contributed by atoms with Crippen molar-refractivity contribution in [2.45, 2.75) is 0 Å². The molecule has 7 nitrogen and oxygen atoms in total. The van der Waals surface area contributed by atoms with Crippen LogP contribution in [0.25, 0.3) is 0 Å². The molecule has 0 aromatic rings. The molecule has 96 valence electrons. The largest absolute Gasteiger partial charge is 0.395 e. The van der Waals surface area contributed by atoms with Crippen molar-refractivity contribution in [2.75, 3.05) is 39.5 Å². The fourth-order valence-electron chi connectivity index (χ4n) is 1.11. The number of amides is 1. The van der Waals surface area contributed by atoms with Gasteiger partial charge in [0.1, 0.15) is 11.6 Å². The number of hydrogen-bond acceptors (Lipinski definition) is 6. The quantitative estimate of drug-likeness (QED) is 0.218. The maximum Gasteiger partial charge on any atom is 0.266 e. The second-order valence-electron chi connectivity index (χ2n) is 3.09. The number of carbonyl (C=O) groups is 1. The van der Waals surface area contributed by atoms with E-state index in [1.165, 1.54) is 11.1 Å². The molecule has 17 heavy (non-hydrogen) atoms. The van der Waals surface area contributed by atoms with Crippen molar-refractivity contribution in [3.63, 3.8) is 0 Å². The minimum Gasteiger partial charge on any atom is -0.395 e. The van der Waals surface area contributed by atoms with Crippen LogP contribution in [0.1, 0.15) is 0 Å². The van der Waals surface area contributed by atoms with Crippen LogP contribution >= 0.6 is 0 Å². The molecule has 0 bridgehead atoms. The molecule has 0 aliphatic rings. The van der Waals surface area contributed by atoms with Gasteiger partial charge < -0.3 is 25.5 Å². The Morgan fingerprint density at radius 2 is 1.82 bits per heavy atom. The van der Waals surface area contributed by atoms with Gasteiger partial charge in [-0.15, -0.1) is 0 Å². The molecule has 0 atom stereocenters. The van der Waals surface area contributed by atoms with Crippen molar-refractivity contribution in [2.24, 2.45) is 0 Å². The van der Waals surface area contributed by atoms with Crippen molar-refractivity contribution >= 4 is 5.91 Å². The van der Waals surface area contributed by atoms with Gasteiger partial charge in [-0.2, -0.15) is 5.26 Å². The Bertz CT molecular complexity index is 292. The molecule has 0 saturated carbocycles. The van der Waals surface area contributed by atoms with Crippen LogP contribution in [0.15, 0.2) is 11.8 Å². The minimum atomic E-state index is -0.568. The molecule has 0 unspecified atom stereocenters. The molecule has 0 spiro atoms. The van der Waals surface area contributed by atoms with Crippen LogP contribution in [0.2, 0.25) is 0 Å². The van der Waals surface area contributed by atoms with Crippen LogP contribution < -0.4 is 5.32 Å². The van der Waals surface area contributed by atoms with E-state index in [0.717, 1.165) is 0 Å². The third-order valence-corrected chi connectivity index (χ3v) is 1.88. The Morgan fingerprint density at radius 1 is 1.24 bits per heavy atom. The Hall–Kier alpha value is -1.62. The topological polar surface area (TPSA) is 117 Å². The van der Waals surface area contributed by atoms with Gasteiger partial charge in [-0.1, -0.05) is 0 Å². The van der Waals surface area contributed by atoms with Gasteiger partial charge in [0, 0.05) is 25.8 Å². The number of aliphatic hydroxyl groups is 3. The summed E-state index contributed by atoms with van der Waals surface area (Å²) in [5.74, 6) is -0.568. The van der Waals surface area contributed by atoms with Gasteiger partial charge in [0.25, 0.3) is 5.91 Å². The fourth-order valence-corrected chi connectivity index (χ4v) is 1.11. The van der Waals surface area contributed by atoms with Gasteiger partial charge in [0.2, 0.25) is 0 Å². The van der Waals surface area contributed by atoms with E-state index in [0.29, 0.717) is 0 Å². The summed E-state index contributed by atoms with van der Waals surface area (Å²) >= 11 is 0. The summed E-state index contributed by atoms with van der Waals surface area (Å²) in [6, 6.07) is 1.72. The highest BCUT2D eigenvalue weighted by Crippen LogP contribution is 1.99. The van der Waals surface area contributed by atoms with E-state index in [2.05, 4.69) is 5.32 Å². The second-order valence-corrected chi connectivity index (χ2v) is 3.09. The number of nitriles is 1. The smallest absolute Gasteiger partial charge is 0.266 e. The molecule has 4 N–H and O–H groups in total. The second kappa shape index (κ2) is 9.59. The lowest BCUT2D eigenvalue weighted by molar-refractivity contribution is -0.127. The van der Waals surface area contributed by atoms with Gasteiger partial charge in [-0.05, 0) is 0 Å². The maximum absolute atomic E-state index is 11.8. The van der Waals surface area contributed by atoms with Gasteiger partial charge in [-0.3, -0.25) is 4.79 Å². The minimum absolute atomic E-state index is 0.0540. The highest BCUT2D eigenvalue weighted by Gasteiger charge is 2.17. The van der Waals surface area contributed by atoms with Gasteiger partial charge in [0.05, 0.1) is 19.8 Å². The molecule has 0 rings (SSSR count). The van der Waals surface area contributed by atoms with Crippen molar-refractivity contribution in [3.8, 4) is 6.07 Å². The first kappa shape index (κ1) is 15.4. The highest BCUT2D eigenvalue weighted by atomic mass is 16.3. The summed E-state index contributed by atoms with van der Waals surface area (Å²) in [5, 5.41) is 37.4.